The van der Waals surface area contributed by atoms with Gasteiger partial charge in [-0.25, -0.2) is 0 Å². The van der Waals surface area contributed by atoms with Crippen molar-refractivity contribution in [3.8, 4) is 11.5 Å². The Hall–Kier alpha value is -2.18. The van der Waals surface area contributed by atoms with Crippen molar-refractivity contribution in [3.63, 3.8) is 0 Å². The van der Waals surface area contributed by atoms with Crippen molar-refractivity contribution in [2.24, 2.45) is 0 Å². The van der Waals surface area contributed by atoms with Crippen molar-refractivity contribution in [2.45, 2.75) is 25.8 Å². The van der Waals surface area contributed by atoms with Gasteiger partial charge < -0.3 is 24.6 Å². The Morgan fingerprint density at radius 2 is 1.68 bits per heavy atom. The van der Waals surface area contributed by atoms with Crippen LogP contribution < -0.4 is 14.8 Å². The number of piperidine rings is 1. The summed E-state index contributed by atoms with van der Waals surface area (Å²) < 4.78 is 11.4. The second kappa shape index (κ2) is 9.34. The fraction of sp³-hybridized carbons (Fsp3) is 0.476. The summed E-state index contributed by atoms with van der Waals surface area (Å²) in [6.07, 6.45) is 6.12. The highest BCUT2D eigenvalue weighted by Gasteiger charge is 2.29. The number of hydrogen-bond donors (Lipinski definition) is 1. The van der Waals surface area contributed by atoms with E-state index >= 15 is 0 Å². The summed E-state index contributed by atoms with van der Waals surface area (Å²) in [6.45, 7) is 3.92. The van der Waals surface area contributed by atoms with Crippen molar-refractivity contribution in [2.75, 3.05) is 41.4 Å². The van der Waals surface area contributed by atoms with Gasteiger partial charge in [-0.2, -0.15) is 0 Å². The van der Waals surface area contributed by atoms with Gasteiger partial charge in [0.2, 0.25) is 5.91 Å². The van der Waals surface area contributed by atoms with Gasteiger partial charge in [-0.3, -0.25) is 4.79 Å². The van der Waals surface area contributed by atoms with E-state index in [1.807, 2.05) is 37.2 Å². The number of benzene rings is 1. The number of hydrogen-bond acceptors (Lipinski definition) is 5. The molecule has 1 amide bonds. The molecule has 1 N–H and O–H groups in total. The quantitative estimate of drug-likeness (QED) is 0.831. The topological polar surface area (TPSA) is 54.0 Å². The summed E-state index contributed by atoms with van der Waals surface area (Å²) in [5.41, 5.74) is 4.29. The molecule has 0 spiro atoms. The summed E-state index contributed by atoms with van der Waals surface area (Å²) in [7, 11) is 7.09. The summed E-state index contributed by atoms with van der Waals surface area (Å²) in [4.78, 5) is 15.8. The smallest absolute Gasteiger partial charge is 0.248 e. The molecule has 7 heteroatoms. The first kappa shape index (κ1) is 22.1. The average molecular weight is 408 g/mol. The zero-order valence-electron chi connectivity index (χ0n) is 17.2. The minimum Gasteiger partial charge on any atom is -0.496 e. The van der Waals surface area contributed by atoms with Gasteiger partial charge in [0.1, 0.15) is 17.5 Å². The van der Waals surface area contributed by atoms with E-state index in [-0.39, 0.29) is 24.4 Å². The minimum atomic E-state index is -0.219. The number of carbonyl (C=O) groups excluding carboxylic acids is 1. The predicted molar refractivity (Wildman–Crippen MR) is 115 cm³/mol. The van der Waals surface area contributed by atoms with Gasteiger partial charge in [-0.05, 0) is 51.1 Å². The number of nitrogens with one attached hydrogen (secondary N) is 1. The highest BCUT2D eigenvalue weighted by Crippen LogP contribution is 2.37. The molecule has 2 aliphatic heterocycles. The molecule has 2 heterocycles. The molecule has 2 aliphatic rings. The maximum absolute atomic E-state index is 12.2. The third kappa shape index (κ3) is 4.28. The first-order chi connectivity index (χ1) is 13.0. The van der Waals surface area contributed by atoms with E-state index in [0.717, 1.165) is 54.3 Å². The van der Waals surface area contributed by atoms with Gasteiger partial charge >= 0.3 is 0 Å². The second-order valence-electron chi connectivity index (χ2n) is 7.10. The lowest BCUT2D eigenvalue weighted by molar-refractivity contribution is -0.132. The predicted octanol–water partition coefficient (Wildman–Crippen LogP) is 2.98. The molecule has 0 aromatic heterocycles. The largest absolute Gasteiger partial charge is 0.496 e. The highest BCUT2D eigenvalue weighted by atomic mass is 35.5. The van der Waals surface area contributed by atoms with Crippen molar-refractivity contribution in [1.29, 1.82) is 0 Å². The normalized spacial score (nSPS) is 19.8. The summed E-state index contributed by atoms with van der Waals surface area (Å²) in [5.74, 6) is 1.63. The summed E-state index contributed by atoms with van der Waals surface area (Å²) >= 11 is 0. The molecular weight excluding hydrogens is 378 g/mol. The van der Waals surface area contributed by atoms with Gasteiger partial charge in [0, 0.05) is 25.9 Å². The maximum atomic E-state index is 12.2. The molecule has 1 atom stereocenters. The number of halogens is 1. The Bertz CT molecular complexity index is 758. The minimum absolute atomic E-state index is 0. The molecule has 154 valence electrons. The van der Waals surface area contributed by atoms with Crippen LogP contribution in [0.25, 0.3) is 11.8 Å². The number of amides is 1. The lowest BCUT2D eigenvalue weighted by Gasteiger charge is -2.36. The van der Waals surface area contributed by atoms with Gasteiger partial charge in [0.25, 0.3) is 0 Å². The molecule has 1 aromatic carbocycles. The number of nitrogens with zero attached hydrogens (tertiary/aromatic N) is 2. The molecule has 6 nitrogen and oxygen atoms in total. The Morgan fingerprint density at radius 1 is 1.11 bits per heavy atom. The first-order valence-corrected chi connectivity index (χ1v) is 9.34. The number of likely N-dealkylation sites (N-methyl/N-ethyl adjacent to an activating group) is 2. The molecule has 0 saturated carbocycles. The third-order valence-corrected chi connectivity index (χ3v) is 5.42. The lowest BCUT2D eigenvalue weighted by atomic mass is 9.98. The molecule has 1 saturated heterocycles. The van der Waals surface area contributed by atoms with Crippen LogP contribution in [0.3, 0.4) is 0 Å². The van der Waals surface area contributed by atoms with Crippen LogP contribution in [0.2, 0.25) is 0 Å². The fourth-order valence-corrected chi connectivity index (χ4v) is 3.61. The van der Waals surface area contributed by atoms with Crippen LogP contribution in [0.4, 0.5) is 0 Å². The number of rotatable bonds is 4. The van der Waals surface area contributed by atoms with E-state index in [0.29, 0.717) is 0 Å². The van der Waals surface area contributed by atoms with Gasteiger partial charge in [-0.1, -0.05) is 5.57 Å². The van der Waals surface area contributed by atoms with Crippen LogP contribution in [0.1, 0.15) is 30.9 Å². The molecule has 0 radical (unpaired) electrons. The monoisotopic (exact) mass is 407 g/mol. The SMILES string of the molecule is COc1cc(C2=CN(C)C(=O)C(C)N2C)cc(OC)c1C=C1CCNCC1.Cl. The maximum Gasteiger partial charge on any atom is 0.248 e. The van der Waals surface area contributed by atoms with E-state index < -0.39 is 0 Å². The lowest BCUT2D eigenvalue weighted by Crippen LogP contribution is -2.45. The van der Waals surface area contributed by atoms with Gasteiger partial charge in [0.05, 0.1) is 25.5 Å². The molecule has 28 heavy (non-hydrogen) atoms. The van der Waals surface area contributed by atoms with E-state index in [1.54, 1.807) is 26.2 Å². The molecule has 1 aromatic rings. The van der Waals surface area contributed by atoms with E-state index in [1.165, 1.54) is 5.57 Å². The Labute approximate surface area is 173 Å². The first-order valence-electron chi connectivity index (χ1n) is 9.34. The van der Waals surface area contributed by atoms with Crippen LogP contribution in [0.5, 0.6) is 11.5 Å². The van der Waals surface area contributed by atoms with E-state index in [9.17, 15) is 4.79 Å². The standard InChI is InChI=1S/C21H29N3O3.ClH/c1-14-21(25)23(2)13-18(24(14)3)16-11-19(26-4)17(20(12-16)27-5)10-15-6-8-22-9-7-15;/h10-14,22H,6-9H2,1-5H3;1H. The van der Waals surface area contributed by atoms with Crippen LogP contribution in [-0.4, -0.2) is 63.2 Å². The van der Waals surface area contributed by atoms with E-state index in [4.69, 9.17) is 9.47 Å². The zero-order valence-corrected chi connectivity index (χ0v) is 18.1. The van der Waals surface area contributed by atoms with Crippen LogP contribution in [0.15, 0.2) is 23.9 Å². The molecule has 1 fully saturated rings. The Morgan fingerprint density at radius 3 is 2.21 bits per heavy atom. The summed E-state index contributed by atoms with van der Waals surface area (Å²) in [6, 6.07) is 3.83. The van der Waals surface area contributed by atoms with Crippen molar-refractivity contribution in [1.82, 2.24) is 15.1 Å². The highest BCUT2D eigenvalue weighted by molar-refractivity contribution is 5.88. The van der Waals surface area contributed by atoms with Crippen molar-refractivity contribution >= 4 is 30.1 Å². The van der Waals surface area contributed by atoms with Gasteiger partial charge in [0.15, 0.2) is 0 Å². The number of ether oxygens (including phenoxy) is 2. The van der Waals surface area contributed by atoms with Crippen LogP contribution in [0, 0.1) is 0 Å². The van der Waals surface area contributed by atoms with Crippen LogP contribution >= 0.6 is 12.4 Å². The molecular formula is C21H30ClN3O3. The van der Waals surface area contributed by atoms with Crippen molar-refractivity contribution in [3.05, 3.63) is 35.0 Å². The molecule has 3 rings (SSSR count). The van der Waals surface area contributed by atoms with Gasteiger partial charge in [-0.15, -0.1) is 12.4 Å². The zero-order chi connectivity index (χ0) is 19.6. The van der Waals surface area contributed by atoms with E-state index in [2.05, 4.69) is 11.4 Å². The Kier molecular flexibility index (Phi) is 7.38. The number of methoxy groups -OCH3 is 2. The molecule has 0 aliphatic carbocycles. The molecule has 0 bridgehead atoms. The third-order valence-electron chi connectivity index (χ3n) is 5.42. The van der Waals surface area contributed by atoms with Crippen LogP contribution in [-0.2, 0) is 4.79 Å². The molecule has 1 unspecified atom stereocenters. The fourth-order valence-electron chi connectivity index (χ4n) is 3.61. The van der Waals surface area contributed by atoms with Crippen molar-refractivity contribution < 1.29 is 14.3 Å². The second-order valence-corrected chi connectivity index (χ2v) is 7.10. The number of carbonyl (C=O) groups is 1. The summed E-state index contributed by atoms with van der Waals surface area (Å²) in [5, 5.41) is 3.38. The average Bonchev–Trinajstić information content (AvgIpc) is 2.70. The Balaban J connectivity index is 0.00000280.